The molecule has 1 aliphatic rings. The Kier molecular flexibility index (Phi) is 5.73. The van der Waals surface area contributed by atoms with Crippen LogP contribution in [0.2, 0.25) is 0 Å². The van der Waals surface area contributed by atoms with Gasteiger partial charge < -0.3 is 14.7 Å². The van der Waals surface area contributed by atoms with Crippen LogP contribution >= 0.6 is 0 Å². The van der Waals surface area contributed by atoms with Crippen molar-refractivity contribution in [3.05, 3.63) is 48.0 Å². The molecule has 1 saturated heterocycles. The van der Waals surface area contributed by atoms with Gasteiger partial charge >= 0.3 is 0 Å². The number of likely N-dealkylation sites (N-methyl/N-ethyl adjacent to an activating group) is 1. The summed E-state index contributed by atoms with van der Waals surface area (Å²) in [6, 6.07) is 5.52. The fraction of sp³-hybridized carbons (Fsp3) is 0.389. The van der Waals surface area contributed by atoms with Crippen LogP contribution in [-0.2, 0) is 11.2 Å². The van der Waals surface area contributed by atoms with Gasteiger partial charge in [0.1, 0.15) is 5.69 Å². The first-order chi connectivity index (χ1) is 12.7. The molecule has 8 nitrogen and oxygen atoms in total. The number of carbonyl (C=O) groups is 2. The van der Waals surface area contributed by atoms with Crippen LogP contribution in [0.15, 0.2) is 36.8 Å². The van der Waals surface area contributed by atoms with Gasteiger partial charge in [0, 0.05) is 58.4 Å². The molecule has 0 N–H and O–H groups in total. The summed E-state index contributed by atoms with van der Waals surface area (Å²) < 4.78 is 0. The molecular formula is C18H22N6O2. The number of anilines is 1. The van der Waals surface area contributed by atoms with Crippen LogP contribution in [0.3, 0.4) is 0 Å². The molecule has 0 aromatic carbocycles. The Hall–Kier alpha value is -3.03. The topological polar surface area (TPSA) is 82.5 Å². The molecule has 2 aromatic heterocycles. The summed E-state index contributed by atoms with van der Waals surface area (Å²) in [4.78, 5) is 41.5. The summed E-state index contributed by atoms with van der Waals surface area (Å²) in [5.74, 6) is 0.401. The molecule has 0 unspecified atom stereocenters. The predicted octanol–water partition coefficient (Wildman–Crippen LogP) is 0.465. The highest BCUT2D eigenvalue weighted by atomic mass is 16.2. The molecule has 0 bridgehead atoms. The third-order valence-electron chi connectivity index (χ3n) is 4.44. The first-order valence-corrected chi connectivity index (χ1v) is 8.59. The SMILES string of the molecule is CN(CCc1ccncc1)C(=O)c1ccnc(N2CCN(C=O)CC2)n1. The fourth-order valence-electron chi connectivity index (χ4n) is 2.79. The van der Waals surface area contributed by atoms with E-state index in [1.54, 1.807) is 41.5 Å². The zero-order chi connectivity index (χ0) is 18.4. The highest BCUT2D eigenvalue weighted by molar-refractivity contribution is 5.92. The van der Waals surface area contributed by atoms with Gasteiger partial charge in [0.2, 0.25) is 12.4 Å². The molecule has 1 aliphatic heterocycles. The van der Waals surface area contributed by atoms with Crippen molar-refractivity contribution in [2.75, 3.05) is 44.7 Å². The predicted molar refractivity (Wildman–Crippen MR) is 96.8 cm³/mol. The van der Waals surface area contributed by atoms with E-state index in [-0.39, 0.29) is 5.91 Å². The van der Waals surface area contributed by atoms with Crippen LogP contribution in [0.5, 0.6) is 0 Å². The Morgan fingerprint density at radius 1 is 1.15 bits per heavy atom. The van der Waals surface area contributed by atoms with Gasteiger partial charge in [-0.3, -0.25) is 14.6 Å². The first kappa shape index (κ1) is 17.8. The van der Waals surface area contributed by atoms with E-state index in [1.807, 2.05) is 17.0 Å². The molecular weight excluding hydrogens is 332 g/mol. The average molecular weight is 354 g/mol. The maximum absolute atomic E-state index is 12.6. The summed E-state index contributed by atoms with van der Waals surface area (Å²) in [5.41, 5.74) is 1.51. The van der Waals surface area contributed by atoms with Gasteiger partial charge in [-0.25, -0.2) is 9.97 Å². The molecule has 2 amide bonds. The Morgan fingerprint density at radius 2 is 1.88 bits per heavy atom. The van der Waals surface area contributed by atoms with Gasteiger partial charge in [-0.05, 0) is 30.2 Å². The number of hydrogen-bond acceptors (Lipinski definition) is 6. The van der Waals surface area contributed by atoms with Crippen LogP contribution in [0.4, 0.5) is 5.95 Å². The highest BCUT2D eigenvalue weighted by Crippen LogP contribution is 2.12. The minimum absolute atomic E-state index is 0.130. The van der Waals surface area contributed by atoms with Gasteiger partial charge in [0.05, 0.1) is 0 Å². The van der Waals surface area contributed by atoms with E-state index in [4.69, 9.17) is 0 Å². The van der Waals surface area contributed by atoms with Gasteiger partial charge in [-0.2, -0.15) is 0 Å². The minimum Gasteiger partial charge on any atom is -0.342 e. The van der Waals surface area contributed by atoms with Gasteiger partial charge in [0.25, 0.3) is 5.91 Å². The number of pyridine rings is 1. The lowest BCUT2D eigenvalue weighted by molar-refractivity contribution is -0.118. The van der Waals surface area contributed by atoms with Crippen LogP contribution in [-0.4, -0.2) is 76.8 Å². The molecule has 26 heavy (non-hydrogen) atoms. The number of amides is 2. The van der Waals surface area contributed by atoms with E-state index >= 15 is 0 Å². The summed E-state index contributed by atoms with van der Waals surface area (Å²) in [7, 11) is 1.77. The van der Waals surface area contributed by atoms with Crippen molar-refractivity contribution in [2.24, 2.45) is 0 Å². The fourth-order valence-corrected chi connectivity index (χ4v) is 2.79. The normalized spacial score (nSPS) is 14.2. The summed E-state index contributed by atoms with van der Waals surface area (Å²) in [5, 5.41) is 0. The first-order valence-electron chi connectivity index (χ1n) is 8.59. The molecule has 0 spiro atoms. The minimum atomic E-state index is -0.130. The Bertz CT molecular complexity index is 746. The van der Waals surface area contributed by atoms with Crippen molar-refractivity contribution in [2.45, 2.75) is 6.42 Å². The van der Waals surface area contributed by atoms with E-state index in [1.165, 1.54) is 0 Å². The molecule has 2 aromatic rings. The molecule has 0 radical (unpaired) electrons. The smallest absolute Gasteiger partial charge is 0.272 e. The molecule has 1 fully saturated rings. The number of nitrogens with zero attached hydrogens (tertiary/aromatic N) is 6. The maximum Gasteiger partial charge on any atom is 0.272 e. The average Bonchev–Trinajstić information content (AvgIpc) is 2.72. The van der Waals surface area contributed by atoms with Crippen molar-refractivity contribution in [1.29, 1.82) is 0 Å². The molecule has 0 atom stereocenters. The van der Waals surface area contributed by atoms with Crippen molar-refractivity contribution in [3.63, 3.8) is 0 Å². The van der Waals surface area contributed by atoms with Crippen LogP contribution in [0, 0.1) is 0 Å². The monoisotopic (exact) mass is 354 g/mol. The largest absolute Gasteiger partial charge is 0.342 e. The zero-order valence-corrected chi connectivity index (χ0v) is 14.8. The number of carbonyl (C=O) groups excluding carboxylic acids is 2. The quantitative estimate of drug-likeness (QED) is 0.701. The number of aromatic nitrogens is 3. The molecule has 3 heterocycles. The second kappa shape index (κ2) is 8.37. The molecule has 3 rings (SSSR count). The summed E-state index contributed by atoms with van der Waals surface area (Å²) >= 11 is 0. The Morgan fingerprint density at radius 3 is 2.58 bits per heavy atom. The lowest BCUT2D eigenvalue weighted by Crippen LogP contribution is -2.46. The van der Waals surface area contributed by atoms with E-state index in [0.717, 1.165) is 18.4 Å². The number of hydrogen-bond donors (Lipinski definition) is 0. The van der Waals surface area contributed by atoms with Crippen LogP contribution in [0.25, 0.3) is 0 Å². The molecule has 0 aliphatic carbocycles. The molecule has 0 saturated carbocycles. The van der Waals surface area contributed by atoms with E-state index in [9.17, 15) is 9.59 Å². The van der Waals surface area contributed by atoms with Gasteiger partial charge in [-0.1, -0.05) is 0 Å². The lowest BCUT2D eigenvalue weighted by atomic mass is 10.2. The Labute approximate surface area is 152 Å². The highest BCUT2D eigenvalue weighted by Gasteiger charge is 2.20. The van der Waals surface area contributed by atoms with Crippen molar-refractivity contribution in [3.8, 4) is 0 Å². The molecule has 8 heteroatoms. The maximum atomic E-state index is 12.6. The van der Waals surface area contributed by atoms with Crippen LogP contribution in [0.1, 0.15) is 16.1 Å². The van der Waals surface area contributed by atoms with Crippen molar-refractivity contribution < 1.29 is 9.59 Å². The second-order valence-corrected chi connectivity index (χ2v) is 6.20. The summed E-state index contributed by atoms with van der Waals surface area (Å²) in [6.45, 7) is 3.19. The standard InChI is InChI=1S/C18H22N6O2/c1-22(9-5-15-2-6-19-7-3-15)17(26)16-4-8-20-18(21-16)24-12-10-23(14-25)11-13-24/h2-4,6-8,14H,5,9-13H2,1H3. The van der Waals surface area contributed by atoms with Crippen molar-refractivity contribution >= 4 is 18.3 Å². The van der Waals surface area contributed by atoms with E-state index in [2.05, 4.69) is 15.0 Å². The number of rotatable bonds is 6. The van der Waals surface area contributed by atoms with Gasteiger partial charge in [-0.15, -0.1) is 0 Å². The van der Waals surface area contributed by atoms with Crippen molar-refractivity contribution in [1.82, 2.24) is 24.8 Å². The second-order valence-electron chi connectivity index (χ2n) is 6.20. The van der Waals surface area contributed by atoms with Gasteiger partial charge in [0.15, 0.2) is 0 Å². The lowest BCUT2D eigenvalue weighted by Gasteiger charge is -2.32. The van der Waals surface area contributed by atoms with Crippen LogP contribution < -0.4 is 4.90 Å². The Balaban J connectivity index is 1.61. The number of piperazine rings is 1. The summed E-state index contributed by atoms with van der Waals surface area (Å²) in [6.07, 6.45) is 6.72. The zero-order valence-electron chi connectivity index (χ0n) is 14.8. The molecule has 136 valence electrons. The van der Waals surface area contributed by atoms with E-state index in [0.29, 0.717) is 44.4 Å². The van der Waals surface area contributed by atoms with E-state index < -0.39 is 0 Å². The third kappa shape index (κ3) is 4.33. The third-order valence-corrected chi connectivity index (χ3v) is 4.44.